The molecule has 0 spiro atoms. The minimum absolute atomic E-state index is 0.0654. The number of ether oxygens (including phenoxy) is 1. The monoisotopic (exact) mass is 331 g/mol. The summed E-state index contributed by atoms with van der Waals surface area (Å²) in [5, 5.41) is 3.05. The van der Waals surface area contributed by atoms with Crippen LogP contribution in [0.5, 0.6) is 0 Å². The number of carbonyl (C=O) groups excluding carboxylic acids is 1. The Balaban J connectivity index is 2.53. The zero-order valence-electron chi connectivity index (χ0n) is 11.6. The van der Waals surface area contributed by atoms with Crippen molar-refractivity contribution in [3.63, 3.8) is 0 Å². The average Bonchev–Trinajstić information content (AvgIpc) is 2.27. The summed E-state index contributed by atoms with van der Waals surface area (Å²) in [6, 6.07) is 4.71. The van der Waals surface area contributed by atoms with E-state index in [2.05, 4.69) is 21.2 Å². The summed E-state index contributed by atoms with van der Waals surface area (Å²) in [5.41, 5.74) is 0.415. The van der Waals surface area contributed by atoms with Crippen LogP contribution in [0.2, 0.25) is 0 Å². The molecule has 1 N–H and O–H groups in total. The number of hydrogen-bond donors (Lipinski definition) is 1. The lowest BCUT2D eigenvalue weighted by Gasteiger charge is -2.21. The SMILES string of the molecule is CC(NCC(=O)OC(C)(C)C)c1ccc(F)c(Br)c1. The molecule has 106 valence electrons. The Morgan fingerprint density at radius 2 is 2.11 bits per heavy atom. The second-order valence-corrected chi connectivity index (χ2v) is 6.22. The third-order valence-electron chi connectivity index (χ3n) is 2.42. The first-order valence-corrected chi connectivity index (χ1v) is 6.88. The van der Waals surface area contributed by atoms with Gasteiger partial charge < -0.3 is 10.1 Å². The van der Waals surface area contributed by atoms with Crippen molar-refractivity contribution in [3.8, 4) is 0 Å². The molecule has 0 saturated carbocycles. The number of carbonyl (C=O) groups is 1. The summed E-state index contributed by atoms with van der Waals surface area (Å²) in [7, 11) is 0. The third-order valence-corrected chi connectivity index (χ3v) is 3.02. The summed E-state index contributed by atoms with van der Waals surface area (Å²) in [4.78, 5) is 11.6. The fourth-order valence-electron chi connectivity index (χ4n) is 1.51. The van der Waals surface area contributed by atoms with Gasteiger partial charge in [-0.3, -0.25) is 4.79 Å². The molecule has 0 radical (unpaired) electrons. The number of nitrogens with one attached hydrogen (secondary N) is 1. The van der Waals surface area contributed by atoms with Gasteiger partial charge in [0, 0.05) is 6.04 Å². The van der Waals surface area contributed by atoms with E-state index in [1.54, 1.807) is 12.1 Å². The van der Waals surface area contributed by atoms with Gasteiger partial charge >= 0.3 is 5.97 Å². The number of hydrogen-bond acceptors (Lipinski definition) is 3. The summed E-state index contributed by atoms with van der Waals surface area (Å²) in [6.07, 6.45) is 0. The lowest BCUT2D eigenvalue weighted by molar-refractivity contribution is -0.153. The number of benzene rings is 1. The summed E-state index contributed by atoms with van der Waals surface area (Å²) < 4.78 is 18.7. The predicted octanol–water partition coefficient (Wildman–Crippen LogP) is 3.58. The van der Waals surface area contributed by atoms with Gasteiger partial charge in [0.1, 0.15) is 11.4 Å². The van der Waals surface area contributed by atoms with E-state index in [4.69, 9.17) is 4.74 Å². The van der Waals surface area contributed by atoms with E-state index >= 15 is 0 Å². The van der Waals surface area contributed by atoms with E-state index < -0.39 is 5.60 Å². The van der Waals surface area contributed by atoms with Crippen molar-refractivity contribution in [2.45, 2.75) is 39.3 Å². The maximum atomic E-state index is 13.1. The molecule has 1 aromatic rings. The quantitative estimate of drug-likeness (QED) is 0.857. The highest BCUT2D eigenvalue weighted by atomic mass is 79.9. The second-order valence-electron chi connectivity index (χ2n) is 5.36. The minimum atomic E-state index is -0.485. The van der Waals surface area contributed by atoms with Crippen LogP contribution >= 0.6 is 15.9 Å². The fourth-order valence-corrected chi connectivity index (χ4v) is 1.91. The lowest BCUT2D eigenvalue weighted by atomic mass is 10.1. The first-order valence-electron chi connectivity index (χ1n) is 6.09. The molecule has 0 saturated heterocycles. The summed E-state index contributed by atoms with van der Waals surface area (Å²) in [6.45, 7) is 7.50. The first-order chi connectivity index (χ1) is 8.69. The van der Waals surface area contributed by atoms with Gasteiger partial charge in [-0.15, -0.1) is 0 Å². The Bertz CT molecular complexity index is 457. The van der Waals surface area contributed by atoms with Crippen LogP contribution in [0.3, 0.4) is 0 Å². The van der Waals surface area contributed by atoms with Crippen LogP contribution in [0.1, 0.15) is 39.3 Å². The second kappa shape index (κ2) is 6.48. The molecule has 0 aliphatic carbocycles. The van der Waals surface area contributed by atoms with Crippen LogP contribution in [0.25, 0.3) is 0 Å². The van der Waals surface area contributed by atoms with Gasteiger partial charge in [-0.1, -0.05) is 6.07 Å². The topological polar surface area (TPSA) is 38.3 Å². The van der Waals surface area contributed by atoms with Gasteiger partial charge in [0.05, 0.1) is 11.0 Å². The van der Waals surface area contributed by atoms with E-state index in [-0.39, 0.29) is 24.4 Å². The Hall–Kier alpha value is -0.940. The van der Waals surface area contributed by atoms with E-state index in [1.165, 1.54) is 6.07 Å². The van der Waals surface area contributed by atoms with Gasteiger partial charge in [0.25, 0.3) is 0 Å². The standard InChI is InChI=1S/C14H19BrFNO2/c1-9(10-5-6-12(16)11(15)7-10)17-8-13(18)19-14(2,3)4/h5-7,9,17H,8H2,1-4H3. The van der Waals surface area contributed by atoms with E-state index in [0.29, 0.717) is 4.47 Å². The average molecular weight is 332 g/mol. The van der Waals surface area contributed by atoms with Crippen LogP contribution < -0.4 is 5.32 Å². The van der Waals surface area contributed by atoms with Gasteiger partial charge in [-0.25, -0.2) is 4.39 Å². The molecule has 0 heterocycles. The molecular formula is C14H19BrFNO2. The summed E-state index contributed by atoms with van der Waals surface area (Å²) >= 11 is 3.14. The van der Waals surface area contributed by atoms with Crippen molar-refractivity contribution in [3.05, 3.63) is 34.1 Å². The minimum Gasteiger partial charge on any atom is -0.459 e. The van der Waals surface area contributed by atoms with Crippen molar-refractivity contribution >= 4 is 21.9 Å². The largest absolute Gasteiger partial charge is 0.459 e. The molecule has 0 aliphatic heterocycles. The van der Waals surface area contributed by atoms with Crippen LogP contribution in [-0.2, 0) is 9.53 Å². The third kappa shape index (κ3) is 5.70. The molecule has 0 amide bonds. The molecule has 1 rings (SSSR count). The van der Waals surface area contributed by atoms with Gasteiger partial charge in [0.15, 0.2) is 0 Å². The summed E-state index contributed by atoms with van der Waals surface area (Å²) in [5.74, 6) is -0.608. The van der Waals surface area contributed by atoms with Crippen molar-refractivity contribution in [2.24, 2.45) is 0 Å². The lowest BCUT2D eigenvalue weighted by Crippen LogP contribution is -2.32. The number of halogens is 2. The highest BCUT2D eigenvalue weighted by molar-refractivity contribution is 9.10. The van der Waals surface area contributed by atoms with Crippen LogP contribution in [-0.4, -0.2) is 18.1 Å². The Kier molecular flexibility index (Phi) is 5.50. The van der Waals surface area contributed by atoms with Crippen molar-refractivity contribution in [2.75, 3.05) is 6.54 Å². The van der Waals surface area contributed by atoms with Gasteiger partial charge in [-0.05, 0) is 61.3 Å². The van der Waals surface area contributed by atoms with Gasteiger partial charge in [0.2, 0.25) is 0 Å². The molecular weight excluding hydrogens is 313 g/mol. The Morgan fingerprint density at radius 1 is 1.47 bits per heavy atom. The predicted molar refractivity (Wildman–Crippen MR) is 76.4 cm³/mol. The Labute approximate surface area is 121 Å². The number of esters is 1. The first kappa shape index (κ1) is 16.1. The zero-order chi connectivity index (χ0) is 14.6. The van der Waals surface area contributed by atoms with E-state index in [1.807, 2.05) is 27.7 Å². The zero-order valence-corrected chi connectivity index (χ0v) is 13.2. The molecule has 1 aromatic carbocycles. The molecule has 0 bridgehead atoms. The normalized spacial score (nSPS) is 13.2. The number of rotatable bonds is 4. The van der Waals surface area contributed by atoms with E-state index in [9.17, 15) is 9.18 Å². The van der Waals surface area contributed by atoms with Crippen LogP contribution in [0, 0.1) is 5.82 Å². The molecule has 3 nitrogen and oxygen atoms in total. The highest BCUT2D eigenvalue weighted by Crippen LogP contribution is 2.21. The van der Waals surface area contributed by atoms with Crippen molar-refractivity contribution in [1.29, 1.82) is 0 Å². The van der Waals surface area contributed by atoms with E-state index in [0.717, 1.165) is 5.56 Å². The molecule has 0 fully saturated rings. The molecule has 19 heavy (non-hydrogen) atoms. The Morgan fingerprint density at radius 3 is 2.63 bits per heavy atom. The maximum Gasteiger partial charge on any atom is 0.320 e. The molecule has 0 aromatic heterocycles. The van der Waals surface area contributed by atoms with Crippen molar-refractivity contribution in [1.82, 2.24) is 5.32 Å². The van der Waals surface area contributed by atoms with Crippen LogP contribution in [0.15, 0.2) is 22.7 Å². The van der Waals surface area contributed by atoms with Crippen LogP contribution in [0.4, 0.5) is 4.39 Å². The molecule has 0 aliphatic rings. The van der Waals surface area contributed by atoms with Crippen molar-refractivity contribution < 1.29 is 13.9 Å². The van der Waals surface area contributed by atoms with Gasteiger partial charge in [-0.2, -0.15) is 0 Å². The molecule has 1 unspecified atom stereocenters. The maximum absolute atomic E-state index is 13.1. The smallest absolute Gasteiger partial charge is 0.320 e. The highest BCUT2D eigenvalue weighted by Gasteiger charge is 2.17. The molecule has 5 heteroatoms. The fraction of sp³-hybridized carbons (Fsp3) is 0.500. The molecule has 1 atom stereocenters.